The number of thiazole rings is 1. The van der Waals surface area contributed by atoms with Gasteiger partial charge in [0.25, 0.3) is 5.91 Å². The molecule has 3 rings (SSSR count). The molecule has 160 valence electrons. The van der Waals surface area contributed by atoms with E-state index >= 15 is 0 Å². The van der Waals surface area contributed by atoms with E-state index < -0.39 is 5.97 Å². The van der Waals surface area contributed by atoms with Gasteiger partial charge in [-0.25, -0.2) is 14.6 Å². The molecule has 1 aliphatic rings. The first-order valence-electron chi connectivity index (χ1n) is 9.54. The first-order valence-corrected chi connectivity index (χ1v) is 11.5. The van der Waals surface area contributed by atoms with Gasteiger partial charge in [0.05, 0.1) is 23.4 Å². The second-order valence-corrected chi connectivity index (χ2v) is 8.14. The van der Waals surface area contributed by atoms with Crippen LogP contribution in [-0.4, -0.2) is 72.1 Å². The molecule has 1 aromatic heterocycles. The lowest BCUT2D eigenvalue weighted by molar-refractivity contribution is -0.136. The van der Waals surface area contributed by atoms with Crippen LogP contribution in [0.4, 0.5) is 4.79 Å². The fraction of sp³-hybridized carbons (Fsp3) is 0.400. The summed E-state index contributed by atoms with van der Waals surface area (Å²) in [6, 6.07) is 7.16. The van der Waals surface area contributed by atoms with Gasteiger partial charge >= 0.3 is 12.1 Å². The molecule has 1 aliphatic heterocycles. The molecule has 1 fully saturated rings. The summed E-state index contributed by atoms with van der Waals surface area (Å²) in [7, 11) is 0. The lowest BCUT2D eigenvalue weighted by Crippen LogP contribution is -2.51. The van der Waals surface area contributed by atoms with Crippen LogP contribution < -0.4 is 0 Å². The molecule has 0 saturated carbocycles. The summed E-state index contributed by atoms with van der Waals surface area (Å²) in [5.74, 6) is -0.161. The highest BCUT2D eigenvalue weighted by atomic mass is 32.2. The van der Waals surface area contributed by atoms with Crippen LogP contribution in [0.2, 0.25) is 0 Å². The lowest BCUT2D eigenvalue weighted by Gasteiger charge is -2.33. The van der Waals surface area contributed by atoms with E-state index in [1.54, 1.807) is 34.4 Å². The number of rotatable bonds is 7. The number of carbonyl (C=O) groups excluding carboxylic acids is 3. The van der Waals surface area contributed by atoms with Crippen LogP contribution in [0, 0.1) is 0 Å². The average Bonchev–Trinajstić information content (AvgIpc) is 3.30. The summed E-state index contributed by atoms with van der Waals surface area (Å²) >= 11 is 3.03. The number of hydrogen-bond donors (Lipinski definition) is 0. The molecule has 30 heavy (non-hydrogen) atoms. The Morgan fingerprint density at radius 2 is 1.83 bits per heavy atom. The van der Waals surface area contributed by atoms with Crippen molar-refractivity contribution in [2.24, 2.45) is 0 Å². The minimum Gasteiger partial charge on any atom is -0.452 e. The van der Waals surface area contributed by atoms with Gasteiger partial charge in [-0.2, -0.15) is 0 Å². The predicted octanol–water partition coefficient (Wildman–Crippen LogP) is 2.89. The smallest absolute Gasteiger partial charge is 0.409 e. The van der Waals surface area contributed by atoms with E-state index in [0.29, 0.717) is 44.1 Å². The van der Waals surface area contributed by atoms with E-state index in [9.17, 15) is 14.4 Å². The third-order valence-corrected chi connectivity index (χ3v) is 6.19. The number of nitrogens with zero attached hydrogens (tertiary/aromatic N) is 3. The molecule has 2 amide bonds. The van der Waals surface area contributed by atoms with E-state index in [1.807, 2.05) is 17.5 Å². The Balaban J connectivity index is 1.49. The molecular formula is C20H23N3O5S2. The van der Waals surface area contributed by atoms with Gasteiger partial charge < -0.3 is 19.3 Å². The second-order valence-electron chi connectivity index (χ2n) is 6.41. The fourth-order valence-corrected chi connectivity index (χ4v) is 4.48. The largest absolute Gasteiger partial charge is 0.452 e. The molecule has 0 bridgehead atoms. The molecule has 0 unspecified atom stereocenters. The predicted molar refractivity (Wildman–Crippen MR) is 114 cm³/mol. The Hall–Kier alpha value is -2.59. The Labute approximate surface area is 183 Å². The summed E-state index contributed by atoms with van der Waals surface area (Å²) < 4.78 is 10.2. The number of benzene rings is 1. The van der Waals surface area contributed by atoms with Crippen LogP contribution in [0.5, 0.6) is 0 Å². The highest BCUT2D eigenvalue weighted by Gasteiger charge is 2.25. The molecule has 0 atom stereocenters. The Morgan fingerprint density at radius 3 is 2.53 bits per heavy atom. The monoisotopic (exact) mass is 449 g/mol. The van der Waals surface area contributed by atoms with Crippen molar-refractivity contribution in [3.05, 3.63) is 46.4 Å². The van der Waals surface area contributed by atoms with Crippen molar-refractivity contribution in [2.45, 2.75) is 17.6 Å². The number of carbonyl (C=O) groups is 3. The minimum absolute atomic E-state index is 0.278. The van der Waals surface area contributed by atoms with Crippen molar-refractivity contribution in [3.63, 3.8) is 0 Å². The van der Waals surface area contributed by atoms with Gasteiger partial charge in [0, 0.05) is 42.2 Å². The highest BCUT2D eigenvalue weighted by Crippen LogP contribution is 2.26. The third-order valence-electron chi connectivity index (χ3n) is 4.45. The summed E-state index contributed by atoms with van der Waals surface area (Å²) in [6.45, 7) is 3.30. The minimum atomic E-state index is -0.533. The van der Waals surface area contributed by atoms with Crippen LogP contribution in [0.1, 0.15) is 23.0 Å². The molecule has 1 saturated heterocycles. The van der Waals surface area contributed by atoms with Gasteiger partial charge in [0.15, 0.2) is 6.61 Å². The van der Waals surface area contributed by atoms with E-state index in [4.69, 9.17) is 9.47 Å². The zero-order valence-corrected chi connectivity index (χ0v) is 18.2. The van der Waals surface area contributed by atoms with E-state index in [-0.39, 0.29) is 18.6 Å². The maximum absolute atomic E-state index is 12.5. The number of hydrogen-bond acceptors (Lipinski definition) is 8. The first-order chi connectivity index (χ1) is 14.6. The van der Waals surface area contributed by atoms with E-state index in [1.165, 1.54) is 23.1 Å². The quantitative estimate of drug-likeness (QED) is 0.474. The summed E-state index contributed by atoms with van der Waals surface area (Å²) in [4.78, 5) is 44.9. The van der Waals surface area contributed by atoms with Crippen molar-refractivity contribution < 1.29 is 23.9 Å². The van der Waals surface area contributed by atoms with E-state index in [0.717, 1.165) is 10.6 Å². The van der Waals surface area contributed by atoms with Crippen molar-refractivity contribution in [2.75, 3.05) is 39.4 Å². The van der Waals surface area contributed by atoms with Gasteiger partial charge in [-0.15, -0.1) is 23.1 Å². The molecule has 2 aromatic rings. The van der Waals surface area contributed by atoms with Gasteiger partial charge in [0.1, 0.15) is 0 Å². The zero-order valence-electron chi connectivity index (χ0n) is 16.6. The first kappa shape index (κ1) is 22.1. The van der Waals surface area contributed by atoms with Crippen LogP contribution in [0.15, 0.2) is 40.1 Å². The number of piperazine rings is 1. The molecule has 0 spiro atoms. The topological polar surface area (TPSA) is 89.0 Å². The van der Waals surface area contributed by atoms with Gasteiger partial charge in [-0.1, -0.05) is 12.1 Å². The molecule has 1 aromatic carbocycles. The van der Waals surface area contributed by atoms with Crippen LogP contribution in [-0.2, 0) is 20.0 Å². The van der Waals surface area contributed by atoms with Crippen LogP contribution in [0.25, 0.3) is 0 Å². The molecule has 2 heterocycles. The molecule has 10 heteroatoms. The number of ether oxygens (including phenoxy) is 2. The Bertz CT molecular complexity index is 867. The molecule has 0 radical (unpaired) electrons. The summed E-state index contributed by atoms with van der Waals surface area (Å²) in [6.07, 6.45) is -0.372. The number of amides is 2. The Morgan fingerprint density at radius 1 is 1.10 bits per heavy atom. The van der Waals surface area contributed by atoms with Gasteiger partial charge in [-0.3, -0.25) is 4.79 Å². The summed E-state index contributed by atoms with van der Waals surface area (Å²) in [5.41, 5.74) is 3.15. The van der Waals surface area contributed by atoms with Crippen molar-refractivity contribution >= 4 is 41.1 Å². The summed E-state index contributed by atoms with van der Waals surface area (Å²) in [5, 5.41) is 1.97. The number of thioether (sulfide) groups is 1. The Kier molecular flexibility index (Phi) is 8.09. The molecular weight excluding hydrogens is 426 g/mol. The van der Waals surface area contributed by atoms with Gasteiger partial charge in [-0.05, 0) is 19.1 Å². The SMILES string of the molecule is CCOC(=O)N1CCN(C(=O)COC(=O)c2ccccc2SCc2cscn2)CC1. The average molecular weight is 450 g/mol. The van der Waals surface area contributed by atoms with Crippen molar-refractivity contribution in [1.29, 1.82) is 0 Å². The van der Waals surface area contributed by atoms with Crippen LogP contribution in [0.3, 0.4) is 0 Å². The van der Waals surface area contributed by atoms with Crippen LogP contribution >= 0.6 is 23.1 Å². The lowest BCUT2D eigenvalue weighted by atomic mass is 10.2. The maximum Gasteiger partial charge on any atom is 0.409 e. The van der Waals surface area contributed by atoms with Gasteiger partial charge in [0.2, 0.25) is 0 Å². The molecule has 0 N–H and O–H groups in total. The standard InChI is InChI=1S/C20H23N3O5S2/c1-2-27-20(26)23-9-7-22(8-10-23)18(24)11-28-19(25)16-5-3-4-6-17(16)30-13-15-12-29-14-21-15/h3-6,12,14H,2,7-11,13H2,1H3. The highest BCUT2D eigenvalue weighted by molar-refractivity contribution is 7.98. The molecule has 0 aliphatic carbocycles. The molecule has 8 nitrogen and oxygen atoms in total. The fourth-order valence-electron chi connectivity index (χ4n) is 2.87. The number of esters is 1. The van der Waals surface area contributed by atoms with Crippen molar-refractivity contribution in [1.82, 2.24) is 14.8 Å². The van der Waals surface area contributed by atoms with Crippen molar-refractivity contribution in [3.8, 4) is 0 Å². The third kappa shape index (κ3) is 5.96. The zero-order chi connectivity index (χ0) is 21.3. The second kappa shape index (κ2) is 11.0. The van der Waals surface area contributed by atoms with E-state index in [2.05, 4.69) is 4.98 Å². The normalized spacial score (nSPS) is 13.8. The maximum atomic E-state index is 12.5. The number of aromatic nitrogens is 1.